The Hall–Kier alpha value is -2.75. The van der Waals surface area contributed by atoms with Crippen LogP contribution >= 0.6 is 0 Å². The standard InChI is InChI=1S/C18H19NO3/c1-4-7-13-12-14(10-11-16(13)21-2)18(20)19-15-8-5-6-9-17(15)22-3/h4-6,8-12H,1,7H2,2-3H3,(H,19,20). The number of nitrogens with one attached hydrogen (secondary N) is 1. The molecule has 0 heterocycles. The van der Waals surface area contributed by atoms with Crippen LogP contribution in [-0.2, 0) is 6.42 Å². The molecule has 1 amide bonds. The van der Waals surface area contributed by atoms with E-state index in [1.165, 1.54) is 0 Å². The Labute approximate surface area is 130 Å². The van der Waals surface area contributed by atoms with Gasteiger partial charge < -0.3 is 14.8 Å². The zero-order valence-electron chi connectivity index (χ0n) is 12.8. The van der Waals surface area contributed by atoms with Crippen molar-refractivity contribution >= 4 is 11.6 Å². The van der Waals surface area contributed by atoms with Crippen LogP contribution in [0, 0.1) is 0 Å². The molecule has 0 fully saturated rings. The lowest BCUT2D eigenvalue weighted by atomic mass is 10.1. The van der Waals surface area contributed by atoms with Crippen molar-refractivity contribution in [3.63, 3.8) is 0 Å². The normalized spacial score (nSPS) is 9.91. The number of methoxy groups -OCH3 is 2. The maximum absolute atomic E-state index is 12.4. The summed E-state index contributed by atoms with van der Waals surface area (Å²) >= 11 is 0. The maximum atomic E-state index is 12.4. The van der Waals surface area contributed by atoms with Gasteiger partial charge in [0.05, 0.1) is 19.9 Å². The fourth-order valence-electron chi connectivity index (χ4n) is 2.18. The van der Waals surface area contributed by atoms with E-state index >= 15 is 0 Å². The Balaban J connectivity index is 2.26. The van der Waals surface area contributed by atoms with E-state index in [-0.39, 0.29) is 5.91 Å². The largest absolute Gasteiger partial charge is 0.496 e. The van der Waals surface area contributed by atoms with Crippen molar-refractivity contribution in [2.75, 3.05) is 19.5 Å². The summed E-state index contributed by atoms with van der Waals surface area (Å²) in [6.45, 7) is 3.72. The minimum atomic E-state index is -0.197. The van der Waals surface area contributed by atoms with Crippen LogP contribution in [0.2, 0.25) is 0 Å². The van der Waals surface area contributed by atoms with Gasteiger partial charge in [-0.05, 0) is 42.3 Å². The molecule has 4 heteroatoms. The minimum absolute atomic E-state index is 0.197. The number of carbonyl (C=O) groups excluding carboxylic acids is 1. The number of amides is 1. The van der Waals surface area contributed by atoms with E-state index in [1.54, 1.807) is 44.6 Å². The van der Waals surface area contributed by atoms with E-state index < -0.39 is 0 Å². The van der Waals surface area contributed by atoms with Crippen molar-refractivity contribution in [2.24, 2.45) is 0 Å². The van der Waals surface area contributed by atoms with E-state index in [0.717, 1.165) is 11.3 Å². The van der Waals surface area contributed by atoms with Crippen molar-refractivity contribution in [1.29, 1.82) is 0 Å². The number of anilines is 1. The Morgan fingerprint density at radius 3 is 2.55 bits per heavy atom. The number of rotatable bonds is 6. The molecule has 0 aliphatic carbocycles. The number of hydrogen-bond acceptors (Lipinski definition) is 3. The highest BCUT2D eigenvalue weighted by molar-refractivity contribution is 6.05. The van der Waals surface area contributed by atoms with Gasteiger partial charge in [-0.25, -0.2) is 0 Å². The first-order valence-corrected chi connectivity index (χ1v) is 6.91. The van der Waals surface area contributed by atoms with Crippen molar-refractivity contribution in [1.82, 2.24) is 0 Å². The van der Waals surface area contributed by atoms with Crippen LogP contribution in [0.5, 0.6) is 11.5 Å². The van der Waals surface area contributed by atoms with Gasteiger partial charge in [0.15, 0.2) is 0 Å². The van der Waals surface area contributed by atoms with Crippen LogP contribution < -0.4 is 14.8 Å². The summed E-state index contributed by atoms with van der Waals surface area (Å²) in [6.07, 6.45) is 2.42. The number of allylic oxidation sites excluding steroid dienone is 1. The quantitative estimate of drug-likeness (QED) is 0.827. The van der Waals surface area contributed by atoms with Gasteiger partial charge in [-0.2, -0.15) is 0 Å². The van der Waals surface area contributed by atoms with Crippen LogP contribution in [0.15, 0.2) is 55.1 Å². The van der Waals surface area contributed by atoms with Gasteiger partial charge in [0.1, 0.15) is 11.5 Å². The van der Waals surface area contributed by atoms with Crippen LogP contribution in [0.1, 0.15) is 15.9 Å². The predicted octanol–water partition coefficient (Wildman–Crippen LogP) is 3.68. The number of benzene rings is 2. The molecule has 0 bridgehead atoms. The summed E-state index contributed by atoms with van der Waals surface area (Å²) in [7, 11) is 3.18. The summed E-state index contributed by atoms with van der Waals surface area (Å²) in [6, 6.07) is 12.6. The third-order valence-electron chi connectivity index (χ3n) is 3.26. The van der Waals surface area contributed by atoms with Gasteiger partial charge >= 0.3 is 0 Å². The molecule has 0 saturated heterocycles. The number of hydrogen-bond donors (Lipinski definition) is 1. The Morgan fingerprint density at radius 1 is 1.14 bits per heavy atom. The lowest BCUT2D eigenvalue weighted by Gasteiger charge is -2.12. The molecule has 0 spiro atoms. The van der Waals surface area contributed by atoms with Crippen LogP contribution in [0.4, 0.5) is 5.69 Å². The summed E-state index contributed by atoms with van der Waals surface area (Å²) in [4.78, 5) is 12.4. The molecule has 114 valence electrons. The third-order valence-corrected chi connectivity index (χ3v) is 3.26. The van der Waals surface area contributed by atoms with Crippen LogP contribution in [-0.4, -0.2) is 20.1 Å². The van der Waals surface area contributed by atoms with Crippen molar-refractivity contribution < 1.29 is 14.3 Å². The van der Waals surface area contributed by atoms with Crippen molar-refractivity contribution in [3.05, 3.63) is 66.2 Å². The lowest BCUT2D eigenvalue weighted by Crippen LogP contribution is -2.13. The third kappa shape index (κ3) is 3.47. The SMILES string of the molecule is C=CCc1cc(C(=O)Nc2ccccc2OC)ccc1OC. The second-order valence-corrected chi connectivity index (χ2v) is 4.67. The van der Waals surface area contributed by atoms with Gasteiger partial charge in [-0.15, -0.1) is 6.58 Å². The van der Waals surface area contributed by atoms with E-state index in [0.29, 0.717) is 23.4 Å². The number of ether oxygens (including phenoxy) is 2. The molecule has 2 rings (SSSR count). The molecule has 0 saturated carbocycles. The number of carbonyl (C=O) groups is 1. The molecular weight excluding hydrogens is 278 g/mol. The van der Waals surface area contributed by atoms with Crippen molar-refractivity contribution in [2.45, 2.75) is 6.42 Å². The molecule has 1 N–H and O–H groups in total. The molecule has 2 aromatic rings. The topological polar surface area (TPSA) is 47.6 Å². The summed E-state index contributed by atoms with van der Waals surface area (Å²) in [5.74, 6) is 1.17. The second kappa shape index (κ2) is 7.31. The zero-order valence-corrected chi connectivity index (χ0v) is 12.8. The molecule has 0 atom stereocenters. The van der Waals surface area contributed by atoms with Crippen LogP contribution in [0.25, 0.3) is 0 Å². The molecule has 0 unspecified atom stereocenters. The van der Waals surface area contributed by atoms with E-state index in [2.05, 4.69) is 11.9 Å². The van der Waals surface area contributed by atoms with E-state index in [9.17, 15) is 4.79 Å². The van der Waals surface area contributed by atoms with Crippen LogP contribution in [0.3, 0.4) is 0 Å². The van der Waals surface area contributed by atoms with E-state index in [1.807, 2.05) is 18.2 Å². The molecule has 0 aliphatic heterocycles. The maximum Gasteiger partial charge on any atom is 0.255 e. The van der Waals surface area contributed by atoms with Crippen molar-refractivity contribution in [3.8, 4) is 11.5 Å². The predicted molar refractivity (Wildman–Crippen MR) is 87.8 cm³/mol. The molecule has 2 aromatic carbocycles. The molecule has 0 aliphatic rings. The first-order valence-electron chi connectivity index (χ1n) is 6.91. The molecular formula is C18H19NO3. The second-order valence-electron chi connectivity index (χ2n) is 4.67. The first kappa shape index (κ1) is 15.6. The molecule has 0 aromatic heterocycles. The van der Waals surface area contributed by atoms with Gasteiger partial charge in [0.25, 0.3) is 5.91 Å². The Bertz CT molecular complexity index is 680. The monoisotopic (exact) mass is 297 g/mol. The van der Waals surface area contributed by atoms with Gasteiger partial charge in [0, 0.05) is 5.56 Å². The highest BCUT2D eigenvalue weighted by atomic mass is 16.5. The van der Waals surface area contributed by atoms with Gasteiger partial charge in [0.2, 0.25) is 0 Å². The molecule has 22 heavy (non-hydrogen) atoms. The average Bonchev–Trinajstić information content (AvgIpc) is 2.55. The zero-order chi connectivity index (χ0) is 15.9. The lowest BCUT2D eigenvalue weighted by molar-refractivity contribution is 0.102. The smallest absolute Gasteiger partial charge is 0.255 e. The Morgan fingerprint density at radius 2 is 1.86 bits per heavy atom. The fraction of sp³-hybridized carbons (Fsp3) is 0.167. The highest BCUT2D eigenvalue weighted by Crippen LogP contribution is 2.25. The Kier molecular flexibility index (Phi) is 5.20. The summed E-state index contributed by atoms with van der Waals surface area (Å²) in [5.41, 5.74) is 2.12. The average molecular weight is 297 g/mol. The van der Waals surface area contributed by atoms with Gasteiger partial charge in [-0.1, -0.05) is 18.2 Å². The minimum Gasteiger partial charge on any atom is -0.496 e. The van der Waals surface area contributed by atoms with Gasteiger partial charge in [-0.3, -0.25) is 4.79 Å². The molecule has 0 radical (unpaired) electrons. The molecule has 4 nitrogen and oxygen atoms in total. The summed E-state index contributed by atoms with van der Waals surface area (Å²) < 4.78 is 10.5. The number of para-hydroxylation sites is 2. The summed E-state index contributed by atoms with van der Waals surface area (Å²) in [5, 5.41) is 2.85. The highest BCUT2D eigenvalue weighted by Gasteiger charge is 2.11. The van der Waals surface area contributed by atoms with E-state index in [4.69, 9.17) is 9.47 Å². The first-order chi connectivity index (χ1) is 10.7. The fourth-order valence-corrected chi connectivity index (χ4v) is 2.18.